The fourth-order valence-corrected chi connectivity index (χ4v) is 3.01. The molecule has 0 aliphatic carbocycles. The van der Waals surface area contributed by atoms with Crippen LogP contribution in [0.15, 0.2) is 78.9 Å². The van der Waals surface area contributed by atoms with E-state index < -0.39 is 0 Å². The molecule has 4 rings (SSSR count). The third kappa shape index (κ3) is 3.04. The lowest BCUT2D eigenvalue weighted by Gasteiger charge is -2.07. The highest BCUT2D eigenvalue weighted by atomic mass is 16.1. The van der Waals surface area contributed by atoms with E-state index in [9.17, 15) is 4.79 Å². The van der Waals surface area contributed by atoms with Gasteiger partial charge in [-0.3, -0.25) is 4.79 Å². The highest BCUT2D eigenvalue weighted by Crippen LogP contribution is 2.26. The van der Waals surface area contributed by atoms with Crippen LogP contribution in [0.4, 0.5) is 5.69 Å². The van der Waals surface area contributed by atoms with Gasteiger partial charge in [0.25, 0.3) is 5.91 Å². The molecule has 25 heavy (non-hydrogen) atoms. The Hall–Kier alpha value is -3.33. The van der Waals surface area contributed by atoms with E-state index in [-0.39, 0.29) is 5.91 Å². The van der Waals surface area contributed by atoms with Crippen LogP contribution in [0.1, 0.15) is 15.9 Å². The maximum atomic E-state index is 12.5. The SMILES string of the molecule is Cc1ccccc1C(=O)Nc1ccc2[nH]c(-c3ccccc3)cc2c1. The second-order valence-electron chi connectivity index (χ2n) is 6.12. The predicted octanol–water partition coefficient (Wildman–Crippen LogP) is 5.40. The van der Waals surface area contributed by atoms with Crippen molar-refractivity contribution in [3.05, 3.63) is 90.0 Å². The number of aromatic amines is 1. The summed E-state index contributed by atoms with van der Waals surface area (Å²) in [6.45, 7) is 1.94. The molecule has 0 spiro atoms. The summed E-state index contributed by atoms with van der Waals surface area (Å²) in [5.74, 6) is -0.0868. The van der Waals surface area contributed by atoms with E-state index >= 15 is 0 Å². The van der Waals surface area contributed by atoms with Crippen LogP contribution >= 0.6 is 0 Å². The molecule has 3 aromatic carbocycles. The number of anilines is 1. The van der Waals surface area contributed by atoms with Crippen molar-refractivity contribution < 1.29 is 4.79 Å². The van der Waals surface area contributed by atoms with Crippen molar-refractivity contribution in [1.29, 1.82) is 0 Å². The molecule has 1 heterocycles. The highest BCUT2D eigenvalue weighted by Gasteiger charge is 2.09. The lowest BCUT2D eigenvalue weighted by Crippen LogP contribution is -2.13. The summed E-state index contributed by atoms with van der Waals surface area (Å²) >= 11 is 0. The minimum absolute atomic E-state index is 0.0868. The maximum Gasteiger partial charge on any atom is 0.255 e. The summed E-state index contributed by atoms with van der Waals surface area (Å²) in [5.41, 5.74) is 5.71. The van der Waals surface area contributed by atoms with Crippen molar-refractivity contribution in [2.24, 2.45) is 0 Å². The third-order valence-corrected chi connectivity index (χ3v) is 4.35. The Balaban J connectivity index is 1.63. The van der Waals surface area contributed by atoms with Gasteiger partial charge in [0.05, 0.1) is 0 Å². The molecular weight excluding hydrogens is 308 g/mol. The van der Waals surface area contributed by atoms with E-state index in [2.05, 4.69) is 28.5 Å². The van der Waals surface area contributed by atoms with E-state index in [1.165, 1.54) is 0 Å². The van der Waals surface area contributed by atoms with E-state index in [0.717, 1.165) is 33.4 Å². The molecule has 3 nitrogen and oxygen atoms in total. The van der Waals surface area contributed by atoms with Gasteiger partial charge >= 0.3 is 0 Å². The Labute approximate surface area is 146 Å². The first-order valence-corrected chi connectivity index (χ1v) is 8.26. The Kier molecular flexibility index (Phi) is 3.82. The Bertz CT molecular complexity index is 1050. The summed E-state index contributed by atoms with van der Waals surface area (Å²) in [4.78, 5) is 15.9. The van der Waals surface area contributed by atoms with Gasteiger partial charge in [0.15, 0.2) is 0 Å². The van der Waals surface area contributed by atoms with Gasteiger partial charge in [-0.25, -0.2) is 0 Å². The molecule has 0 unspecified atom stereocenters. The van der Waals surface area contributed by atoms with Crippen molar-refractivity contribution in [2.75, 3.05) is 5.32 Å². The molecule has 4 aromatic rings. The summed E-state index contributed by atoms with van der Waals surface area (Å²) in [6, 6.07) is 25.8. The van der Waals surface area contributed by atoms with Crippen LogP contribution in [-0.2, 0) is 0 Å². The number of benzene rings is 3. The number of carbonyl (C=O) groups excluding carboxylic acids is 1. The van der Waals surface area contributed by atoms with Crippen molar-refractivity contribution in [1.82, 2.24) is 4.98 Å². The molecule has 0 aliphatic rings. The lowest BCUT2D eigenvalue weighted by molar-refractivity contribution is 0.102. The van der Waals surface area contributed by atoms with Crippen LogP contribution in [0.3, 0.4) is 0 Å². The minimum Gasteiger partial charge on any atom is -0.355 e. The molecule has 0 aliphatic heterocycles. The Morgan fingerprint density at radius 2 is 1.64 bits per heavy atom. The molecule has 2 N–H and O–H groups in total. The molecule has 1 aromatic heterocycles. The topological polar surface area (TPSA) is 44.9 Å². The number of hydrogen-bond acceptors (Lipinski definition) is 1. The molecule has 122 valence electrons. The van der Waals surface area contributed by atoms with Crippen LogP contribution in [0.2, 0.25) is 0 Å². The van der Waals surface area contributed by atoms with Gasteiger partial charge in [0.1, 0.15) is 0 Å². The Morgan fingerprint density at radius 1 is 0.880 bits per heavy atom. The van der Waals surface area contributed by atoms with Crippen molar-refractivity contribution in [3.8, 4) is 11.3 Å². The van der Waals surface area contributed by atoms with E-state index in [4.69, 9.17) is 0 Å². The van der Waals surface area contributed by atoms with Gasteiger partial charge in [0.2, 0.25) is 0 Å². The van der Waals surface area contributed by atoms with Gasteiger partial charge < -0.3 is 10.3 Å². The van der Waals surface area contributed by atoms with E-state index in [1.807, 2.05) is 67.6 Å². The number of aromatic nitrogens is 1. The molecule has 3 heteroatoms. The highest BCUT2D eigenvalue weighted by molar-refractivity contribution is 6.06. The fraction of sp³-hybridized carbons (Fsp3) is 0.0455. The summed E-state index contributed by atoms with van der Waals surface area (Å²) < 4.78 is 0. The maximum absolute atomic E-state index is 12.5. The summed E-state index contributed by atoms with van der Waals surface area (Å²) in [6.07, 6.45) is 0. The predicted molar refractivity (Wildman–Crippen MR) is 103 cm³/mol. The van der Waals surface area contributed by atoms with E-state index in [0.29, 0.717) is 5.56 Å². The first-order valence-electron chi connectivity index (χ1n) is 8.26. The third-order valence-electron chi connectivity index (χ3n) is 4.35. The molecule has 0 radical (unpaired) electrons. The van der Waals surface area contributed by atoms with Crippen LogP contribution in [0, 0.1) is 6.92 Å². The largest absolute Gasteiger partial charge is 0.355 e. The van der Waals surface area contributed by atoms with Gasteiger partial charge in [-0.2, -0.15) is 0 Å². The van der Waals surface area contributed by atoms with Gasteiger partial charge in [-0.05, 0) is 48.4 Å². The minimum atomic E-state index is -0.0868. The monoisotopic (exact) mass is 326 g/mol. The average Bonchev–Trinajstić information content (AvgIpc) is 3.06. The van der Waals surface area contributed by atoms with Gasteiger partial charge in [-0.1, -0.05) is 48.5 Å². The Morgan fingerprint density at radius 3 is 2.44 bits per heavy atom. The first-order chi connectivity index (χ1) is 12.2. The number of rotatable bonds is 3. The molecule has 0 atom stereocenters. The molecule has 0 bridgehead atoms. The van der Waals surface area contributed by atoms with Gasteiger partial charge in [0, 0.05) is 27.8 Å². The lowest BCUT2D eigenvalue weighted by atomic mass is 10.1. The molecular formula is C22H18N2O. The van der Waals surface area contributed by atoms with Crippen molar-refractivity contribution in [3.63, 3.8) is 0 Å². The zero-order chi connectivity index (χ0) is 17.2. The molecule has 0 fully saturated rings. The fourth-order valence-electron chi connectivity index (χ4n) is 3.01. The zero-order valence-corrected chi connectivity index (χ0v) is 13.9. The quantitative estimate of drug-likeness (QED) is 0.520. The smallest absolute Gasteiger partial charge is 0.255 e. The standard InChI is InChI=1S/C22H18N2O/c1-15-7-5-6-10-19(15)22(25)23-18-11-12-20-17(13-18)14-21(24-20)16-8-3-2-4-9-16/h2-14,24H,1H3,(H,23,25). The number of fused-ring (bicyclic) bond motifs is 1. The van der Waals surface area contributed by atoms with E-state index in [1.54, 1.807) is 0 Å². The first kappa shape index (κ1) is 15.2. The number of hydrogen-bond donors (Lipinski definition) is 2. The zero-order valence-electron chi connectivity index (χ0n) is 13.9. The molecule has 1 amide bonds. The van der Waals surface area contributed by atoms with Crippen molar-refractivity contribution in [2.45, 2.75) is 6.92 Å². The van der Waals surface area contributed by atoms with Gasteiger partial charge in [-0.15, -0.1) is 0 Å². The second-order valence-corrected chi connectivity index (χ2v) is 6.12. The number of H-pyrrole nitrogens is 1. The number of carbonyl (C=O) groups is 1. The number of amides is 1. The number of aryl methyl sites for hydroxylation is 1. The number of nitrogens with one attached hydrogen (secondary N) is 2. The van der Waals surface area contributed by atoms with Crippen molar-refractivity contribution >= 4 is 22.5 Å². The van der Waals surface area contributed by atoms with Crippen LogP contribution in [-0.4, -0.2) is 10.9 Å². The second kappa shape index (κ2) is 6.29. The molecule has 0 saturated heterocycles. The van der Waals surface area contributed by atoms with Crippen LogP contribution < -0.4 is 5.32 Å². The normalized spacial score (nSPS) is 10.8. The summed E-state index contributed by atoms with van der Waals surface area (Å²) in [7, 11) is 0. The molecule has 0 saturated carbocycles. The summed E-state index contributed by atoms with van der Waals surface area (Å²) in [5, 5.41) is 4.06. The van der Waals surface area contributed by atoms with Crippen LogP contribution in [0.25, 0.3) is 22.2 Å². The van der Waals surface area contributed by atoms with Crippen LogP contribution in [0.5, 0.6) is 0 Å². The average molecular weight is 326 g/mol.